The molecule has 2 aromatic carbocycles. The van der Waals surface area contributed by atoms with Crippen molar-refractivity contribution in [2.45, 2.75) is 52.7 Å². The fourth-order valence-corrected chi connectivity index (χ4v) is 3.99. The number of hydrogen-bond donors (Lipinski definition) is 2. The van der Waals surface area contributed by atoms with Crippen LogP contribution < -0.4 is 4.74 Å². The Bertz CT molecular complexity index is 1060. The fraction of sp³-hybridized carbons (Fsp3) is 0.407. The van der Waals surface area contributed by atoms with E-state index in [1.54, 1.807) is 30.3 Å². The molecule has 0 saturated carbocycles. The Balaban J connectivity index is 2.01. The summed E-state index contributed by atoms with van der Waals surface area (Å²) >= 11 is 0. The Hall–Kier alpha value is -3.32. The maximum absolute atomic E-state index is 13.1. The number of phenolic OH excluding ortho intramolecular Hbond substituents is 1. The Labute approximate surface area is 200 Å². The van der Waals surface area contributed by atoms with Crippen LogP contribution in [0.25, 0.3) is 5.76 Å². The molecule has 7 nitrogen and oxygen atoms in total. The van der Waals surface area contributed by atoms with Crippen molar-refractivity contribution >= 4 is 17.4 Å². The SMILES string of the molecule is CCCOc1ccc(/C(O)=C2/C(=O)C(=O)N(CCCOC(C)C)C2c2ccc(O)cc2)cc1C. The number of rotatable bonds is 10. The number of Topliss-reactive ketones (excluding diaryl/α,β-unsaturated/α-hetero) is 1. The highest BCUT2D eigenvalue weighted by molar-refractivity contribution is 6.46. The molecule has 0 spiro atoms. The van der Waals surface area contributed by atoms with Crippen molar-refractivity contribution in [2.24, 2.45) is 0 Å². The molecule has 1 aliphatic rings. The van der Waals surface area contributed by atoms with Crippen LogP contribution in [0.3, 0.4) is 0 Å². The first-order valence-corrected chi connectivity index (χ1v) is 11.7. The Kier molecular flexibility index (Phi) is 8.34. The smallest absolute Gasteiger partial charge is 0.295 e. The molecule has 1 atom stereocenters. The molecule has 1 amide bonds. The molecule has 34 heavy (non-hydrogen) atoms. The number of carbonyl (C=O) groups excluding carboxylic acids is 2. The van der Waals surface area contributed by atoms with Crippen LogP contribution in [0.1, 0.15) is 56.3 Å². The average molecular weight is 468 g/mol. The van der Waals surface area contributed by atoms with Crippen molar-refractivity contribution < 1.29 is 29.3 Å². The first kappa shape index (κ1) is 25.3. The lowest BCUT2D eigenvalue weighted by Gasteiger charge is -2.25. The van der Waals surface area contributed by atoms with E-state index in [-0.39, 0.29) is 23.2 Å². The van der Waals surface area contributed by atoms with E-state index in [0.29, 0.717) is 43.1 Å². The topological polar surface area (TPSA) is 96.3 Å². The monoisotopic (exact) mass is 467 g/mol. The number of nitrogens with zero attached hydrogens (tertiary/aromatic N) is 1. The van der Waals surface area contributed by atoms with Gasteiger partial charge in [-0.2, -0.15) is 0 Å². The summed E-state index contributed by atoms with van der Waals surface area (Å²) in [6.07, 6.45) is 1.48. The highest BCUT2D eigenvalue weighted by Gasteiger charge is 2.45. The molecule has 1 saturated heterocycles. The molecule has 7 heteroatoms. The summed E-state index contributed by atoms with van der Waals surface area (Å²) in [7, 11) is 0. The van der Waals surface area contributed by atoms with Gasteiger partial charge in [-0.15, -0.1) is 0 Å². The van der Waals surface area contributed by atoms with Crippen LogP contribution in [0, 0.1) is 6.92 Å². The van der Waals surface area contributed by atoms with Crippen LogP contribution in [-0.2, 0) is 14.3 Å². The maximum atomic E-state index is 13.1. The average Bonchev–Trinajstić information content (AvgIpc) is 3.05. The van der Waals surface area contributed by atoms with Gasteiger partial charge in [-0.1, -0.05) is 19.1 Å². The Morgan fingerprint density at radius 1 is 1.09 bits per heavy atom. The number of phenols is 1. The maximum Gasteiger partial charge on any atom is 0.295 e. The molecule has 2 aromatic rings. The summed E-state index contributed by atoms with van der Waals surface area (Å²) in [6, 6.07) is 10.7. The van der Waals surface area contributed by atoms with Gasteiger partial charge in [0.1, 0.15) is 17.3 Å². The normalized spacial score (nSPS) is 17.6. The zero-order valence-corrected chi connectivity index (χ0v) is 20.2. The number of amides is 1. The number of aromatic hydroxyl groups is 1. The van der Waals surface area contributed by atoms with Crippen molar-refractivity contribution in [2.75, 3.05) is 19.8 Å². The van der Waals surface area contributed by atoms with Crippen LogP contribution in [0.15, 0.2) is 48.0 Å². The van der Waals surface area contributed by atoms with E-state index in [9.17, 15) is 19.8 Å². The van der Waals surface area contributed by atoms with E-state index in [2.05, 4.69) is 0 Å². The van der Waals surface area contributed by atoms with Crippen molar-refractivity contribution in [1.82, 2.24) is 4.90 Å². The molecule has 182 valence electrons. The van der Waals surface area contributed by atoms with Crippen molar-refractivity contribution in [3.8, 4) is 11.5 Å². The standard InChI is InChI=1S/C27H33NO6/c1-5-14-34-22-12-9-20(16-18(22)4)25(30)23-24(19-7-10-21(29)11-8-19)28(27(32)26(23)31)13-6-15-33-17(2)3/h7-12,16-17,24,29-30H,5-6,13-15H2,1-4H3/b25-23-. The molecule has 0 radical (unpaired) electrons. The number of aliphatic hydroxyl groups is 1. The van der Waals surface area contributed by atoms with Crippen LogP contribution in [-0.4, -0.2) is 52.7 Å². The minimum atomic E-state index is -0.768. The second-order valence-corrected chi connectivity index (χ2v) is 8.69. The lowest BCUT2D eigenvalue weighted by molar-refractivity contribution is -0.140. The lowest BCUT2D eigenvalue weighted by atomic mass is 9.94. The fourth-order valence-electron chi connectivity index (χ4n) is 3.99. The van der Waals surface area contributed by atoms with E-state index in [1.165, 1.54) is 17.0 Å². The van der Waals surface area contributed by atoms with Gasteiger partial charge in [-0.25, -0.2) is 0 Å². The molecule has 1 fully saturated rings. The van der Waals surface area contributed by atoms with Gasteiger partial charge in [-0.3, -0.25) is 9.59 Å². The van der Waals surface area contributed by atoms with Crippen molar-refractivity contribution in [1.29, 1.82) is 0 Å². The van der Waals surface area contributed by atoms with Gasteiger partial charge in [0.05, 0.1) is 24.3 Å². The zero-order valence-electron chi connectivity index (χ0n) is 20.2. The molecule has 0 aliphatic carbocycles. The second kappa shape index (κ2) is 11.2. The van der Waals surface area contributed by atoms with E-state index in [0.717, 1.165) is 12.0 Å². The minimum absolute atomic E-state index is 0.0297. The van der Waals surface area contributed by atoms with E-state index < -0.39 is 17.7 Å². The summed E-state index contributed by atoms with van der Waals surface area (Å²) in [5.41, 5.74) is 1.91. The van der Waals surface area contributed by atoms with Gasteiger partial charge in [0.2, 0.25) is 0 Å². The number of ketones is 1. The predicted molar refractivity (Wildman–Crippen MR) is 130 cm³/mol. The number of carbonyl (C=O) groups is 2. The highest BCUT2D eigenvalue weighted by atomic mass is 16.5. The summed E-state index contributed by atoms with van der Waals surface area (Å²) in [5.74, 6) is -0.848. The predicted octanol–water partition coefficient (Wildman–Crippen LogP) is 4.73. The van der Waals surface area contributed by atoms with E-state index >= 15 is 0 Å². The number of aliphatic hydroxyl groups excluding tert-OH is 1. The second-order valence-electron chi connectivity index (χ2n) is 8.69. The summed E-state index contributed by atoms with van der Waals surface area (Å²) < 4.78 is 11.3. The molecule has 2 N–H and O–H groups in total. The highest BCUT2D eigenvalue weighted by Crippen LogP contribution is 2.40. The molecule has 1 unspecified atom stereocenters. The van der Waals surface area contributed by atoms with E-state index in [1.807, 2.05) is 27.7 Å². The van der Waals surface area contributed by atoms with Crippen LogP contribution in [0.4, 0.5) is 0 Å². The van der Waals surface area contributed by atoms with Crippen LogP contribution >= 0.6 is 0 Å². The van der Waals surface area contributed by atoms with Gasteiger partial charge in [0.25, 0.3) is 11.7 Å². The molecule has 1 heterocycles. The van der Waals surface area contributed by atoms with Gasteiger partial charge < -0.3 is 24.6 Å². The minimum Gasteiger partial charge on any atom is -0.508 e. The van der Waals surface area contributed by atoms with Crippen LogP contribution in [0.5, 0.6) is 11.5 Å². The van der Waals surface area contributed by atoms with E-state index in [4.69, 9.17) is 9.47 Å². The van der Waals surface area contributed by atoms with Crippen molar-refractivity contribution in [3.63, 3.8) is 0 Å². The summed E-state index contributed by atoms with van der Waals surface area (Å²) in [5, 5.41) is 20.9. The Morgan fingerprint density at radius 2 is 1.79 bits per heavy atom. The molecule has 1 aliphatic heterocycles. The van der Waals surface area contributed by atoms with Gasteiger partial charge in [-0.05, 0) is 75.1 Å². The lowest BCUT2D eigenvalue weighted by Crippen LogP contribution is -2.31. The number of aryl methyl sites for hydroxylation is 1. The van der Waals surface area contributed by atoms with Crippen molar-refractivity contribution in [3.05, 3.63) is 64.7 Å². The van der Waals surface area contributed by atoms with Crippen LogP contribution in [0.2, 0.25) is 0 Å². The molecular formula is C27H33NO6. The van der Waals surface area contributed by atoms with Gasteiger partial charge in [0, 0.05) is 18.7 Å². The quantitative estimate of drug-likeness (QED) is 0.227. The number of ether oxygens (including phenoxy) is 2. The third-order valence-electron chi connectivity index (χ3n) is 5.65. The molecule has 3 rings (SSSR count). The third-order valence-corrected chi connectivity index (χ3v) is 5.65. The number of likely N-dealkylation sites (tertiary alicyclic amines) is 1. The first-order chi connectivity index (χ1) is 16.2. The van der Waals surface area contributed by atoms with Gasteiger partial charge >= 0.3 is 0 Å². The third kappa shape index (κ3) is 5.59. The molecular weight excluding hydrogens is 434 g/mol. The molecule has 0 aromatic heterocycles. The number of hydrogen-bond acceptors (Lipinski definition) is 6. The number of benzene rings is 2. The summed E-state index contributed by atoms with van der Waals surface area (Å²) in [6.45, 7) is 9.08. The largest absolute Gasteiger partial charge is 0.508 e. The molecule has 0 bridgehead atoms. The first-order valence-electron chi connectivity index (χ1n) is 11.7. The van der Waals surface area contributed by atoms with Gasteiger partial charge in [0.15, 0.2) is 0 Å². The Morgan fingerprint density at radius 3 is 2.41 bits per heavy atom. The summed E-state index contributed by atoms with van der Waals surface area (Å²) in [4.78, 5) is 27.6. The zero-order chi connectivity index (χ0) is 24.8.